The zero-order valence-electron chi connectivity index (χ0n) is 18.5. The zero-order valence-corrected chi connectivity index (χ0v) is 20.1. The highest BCUT2D eigenvalue weighted by Gasteiger charge is 2.24. The van der Waals surface area contributed by atoms with E-state index >= 15 is 0 Å². The van der Waals surface area contributed by atoms with Gasteiger partial charge in [0.15, 0.2) is 5.69 Å². The lowest BCUT2D eigenvalue weighted by Crippen LogP contribution is -2.25. The van der Waals surface area contributed by atoms with Crippen LogP contribution in [0.4, 0.5) is 5.00 Å². The van der Waals surface area contributed by atoms with Crippen molar-refractivity contribution in [2.24, 2.45) is 0 Å². The molecule has 0 bridgehead atoms. The van der Waals surface area contributed by atoms with E-state index in [0.717, 1.165) is 16.0 Å². The van der Waals surface area contributed by atoms with E-state index in [9.17, 15) is 19.2 Å². The van der Waals surface area contributed by atoms with E-state index in [1.165, 1.54) is 25.3 Å². The first-order chi connectivity index (χ1) is 16.8. The van der Waals surface area contributed by atoms with E-state index in [-0.39, 0.29) is 39.2 Å². The van der Waals surface area contributed by atoms with Gasteiger partial charge in [0.05, 0.1) is 35.9 Å². The summed E-state index contributed by atoms with van der Waals surface area (Å²) >= 11 is 7.13. The first kappa shape index (κ1) is 24.1. The number of amides is 1. The Hall–Kier alpha value is -4.02. The first-order valence-electron chi connectivity index (χ1n) is 10.3. The van der Waals surface area contributed by atoms with E-state index in [1.807, 2.05) is 0 Å². The Bertz CT molecular complexity index is 1530. The minimum atomic E-state index is -0.722. The fourth-order valence-corrected chi connectivity index (χ4v) is 4.53. The smallest absolute Gasteiger partial charge is 0.359 e. The molecular weight excluding hydrogens is 494 g/mol. The number of carbonyl (C=O) groups is 3. The maximum Gasteiger partial charge on any atom is 0.359 e. The van der Waals surface area contributed by atoms with Crippen LogP contribution >= 0.6 is 22.9 Å². The Labute approximate surface area is 207 Å². The number of carbonyl (C=O) groups excluding carboxylic acids is 3. The van der Waals surface area contributed by atoms with Crippen LogP contribution < -0.4 is 10.9 Å². The van der Waals surface area contributed by atoms with E-state index in [0.29, 0.717) is 10.7 Å². The summed E-state index contributed by atoms with van der Waals surface area (Å²) in [4.78, 5) is 51.3. The van der Waals surface area contributed by atoms with Gasteiger partial charge in [0.1, 0.15) is 5.00 Å². The summed E-state index contributed by atoms with van der Waals surface area (Å²) in [5.74, 6) is -2.03. The summed E-state index contributed by atoms with van der Waals surface area (Å²) in [6.07, 6.45) is 0. The summed E-state index contributed by atoms with van der Waals surface area (Å²) < 4.78 is 10.9. The van der Waals surface area contributed by atoms with Crippen molar-refractivity contribution in [3.05, 3.63) is 86.1 Å². The van der Waals surface area contributed by atoms with E-state index in [4.69, 9.17) is 21.1 Å². The van der Waals surface area contributed by atoms with Gasteiger partial charge >= 0.3 is 11.9 Å². The quantitative estimate of drug-likeness (QED) is 0.383. The van der Waals surface area contributed by atoms with Crippen molar-refractivity contribution < 1.29 is 23.9 Å². The van der Waals surface area contributed by atoms with Crippen molar-refractivity contribution in [1.29, 1.82) is 0 Å². The molecule has 1 amide bonds. The van der Waals surface area contributed by atoms with Crippen LogP contribution in [-0.2, 0) is 9.47 Å². The third-order valence-electron chi connectivity index (χ3n) is 4.98. The number of nitrogens with one attached hydrogen (secondary N) is 1. The normalized spacial score (nSPS) is 10.7. The summed E-state index contributed by atoms with van der Waals surface area (Å²) in [6.45, 7) is 1.76. The number of hydrogen-bond acceptors (Lipinski definition) is 8. The van der Waals surface area contributed by atoms with Crippen LogP contribution in [0.1, 0.15) is 38.1 Å². The second kappa shape index (κ2) is 10.1. The number of benzene rings is 2. The van der Waals surface area contributed by atoms with Crippen molar-refractivity contribution in [2.75, 3.05) is 19.0 Å². The van der Waals surface area contributed by atoms with Crippen molar-refractivity contribution in [1.82, 2.24) is 9.78 Å². The average molecular weight is 512 g/mol. The minimum absolute atomic E-state index is 0.0655. The van der Waals surface area contributed by atoms with Crippen LogP contribution in [0.25, 0.3) is 16.5 Å². The van der Waals surface area contributed by atoms with Crippen molar-refractivity contribution in [2.45, 2.75) is 6.92 Å². The van der Waals surface area contributed by atoms with Crippen LogP contribution in [0, 0.1) is 0 Å². The molecule has 0 aliphatic rings. The zero-order chi connectivity index (χ0) is 25.1. The molecule has 0 saturated carbocycles. The third kappa shape index (κ3) is 4.66. The molecular formula is C24H18ClN3O6S. The molecule has 0 radical (unpaired) electrons. The van der Waals surface area contributed by atoms with Gasteiger partial charge in [-0.15, -0.1) is 11.3 Å². The summed E-state index contributed by atoms with van der Waals surface area (Å²) in [5.41, 5.74) is -0.204. The fourth-order valence-electron chi connectivity index (χ4n) is 3.41. The predicted molar refractivity (Wildman–Crippen MR) is 132 cm³/mol. The fraction of sp³-hybridized carbons (Fsp3) is 0.125. The van der Waals surface area contributed by atoms with Crippen LogP contribution in [0.3, 0.4) is 0 Å². The number of hydrogen-bond donors (Lipinski definition) is 1. The number of nitrogens with zero attached hydrogens (tertiary/aromatic N) is 2. The highest BCUT2D eigenvalue weighted by atomic mass is 35.5. The van der Waals surface area contributed by atoms with Crippen molar-refractivity contribution in [3.63, 3.8) is 0 Å². The van der Waals surface area contributed by atoms with Crippen LogP contribution in [-0.4, -0.2) is 41.3 Å². The Balaban J connectivity index is 1.88. The number of rotatable bonds is 6. The highest BCUT2D eigenvalue weighted by molar-refractivity contribution is 7.16. The van der Waals surface area contributed by atoms with Gasteiger partial charge < -0.3 is 14.8 Å². The third-order valence-corrected chi connectivity index (χ3v) is 6.11. The Morgan fingerprint density at radius 3 is 2.51 bits per heavy atom. The molecule has 0 fully saturated rings. The Kier molecular flexibility index (Phi) is 6.94. The first-order valence-corrected chi connectivity index (χ1v) is 11.6. The van der Waals surface area contributed by atoms with Crippen molar-refractivity contribution in [3.8, 4) is 5.69 Å². The van der Waals surface area contributed by atoms with E-state index in [1.54, 1.807) is 42.6 Å². The number of esters is 2. The number of fused-ring (bicyclic) bond motifs is 1. The van der Waals surface area contributed by atoms with Gasteiger partial charge in [0.2, 0.25) is 0 Å². The molecule has 0 saturated heterocycles. The lowest BCUT2D eigenvalue weighted by Gasteiger charge is -2.11. The second-order valence-corrected chi connectivity index (χ2v) is 8.43. The van der Waals surface area contributed by atoms with Gasteiger partial charge in [0.25, 0.3) is 11.5 Å². The number of methoxy groups -OCH3 is 1. The van der Waals surface area contributed by atoms with Gasteiger partial charge in [-0.1, -0.05) is 29.8 Å². The number of ether oxygens (including phenoxy) is 2. The predicted octanol–water partition coefficient (Wildman–Crippen LogP) is 4.32. The van der Waals surface area contributed by atoms with Crippen LogP contribution in [0.15, 0.2) is 58.7 Å². The SMILES string of the molecule is CCOC(=O)c1nn(-c2cccc(Cl)c2)c(=O)c2c(NC(=O)c3ccccc3C(=O)OC)scc12. The molecule has 2 aromatic heterocycles. The monoisotopic (exact) mass is 511 g/mol. The molecule has 0 unspecified atom stereocenters. The maximum atomic E-state index is 13.5. The van der Waals surface area contributed by atoms with Gasteiger partial charge in [-0.05, 0) is 37.3 Å². The molecule has 0 aliphatic carbocycles. The highest BCUT2D eigenvalue weighted by Crippen LogP contribution is 2.31. The van der Waals surface area contributed by atoms with E-state index in [2.05, 4.69) is 10.4 Å². The second-order valence-electron chi connectivity index (χ2n) is 7.11. The van der Waals surface area contributed by atoms with Gasteiger partial charge in [-0.2, -0.15) is 9.78 Å². The van der Waals surface area contributed by atoms with Gasteiger partial charge in [0, 0.05) is 15.8 Å². The Morgan fingerprint density at radius 2 is 1.83 bits per heavy atom. The topological polar surface area (TPSA) is 117 Å². The minimum Gasteiger partial charge on any atom is -0.465 e. The number of thiophene rings is 1. The lowest BCUT2D eigenvalue weighted by atomic mass is 10.1. The molecule has 2 aromatic carbocycles. The molecule has 4 rings (SSSR count). The molecule has 2 heterocycles. The standard InChI is InChI=1S/C24H18ClN3O6S/c1-3-34-24(32)19-17-12-35-21(26-20(29)15-9-4-5-10-16(15)23(31)33-2)18(17)22(30)28(27-19)14-8-6-7-13(25)11-14/h4-12H,3H2,1-2H3,(H,26,29). The molecule has 178 valence electrons. The lowest BCUT2D eigenvalue weighted by molar-refractivity contribution is 0.0519. The molecule has 4 aromatic rings. The van der Waals surface area contributed by atoms with Crippen molar-refractivity contribution >= 4 is 56.6 Å². The Morgan fingerprint density at radius 1 is 1.09 bits per heavy atom. The summed E-state index contributed by atoms with van der Waals surface area (Å²) in [5, 5.41) is 9.30. The largest absolute Gasteiger partial charge is 0.465 e. The molecule has 35 heavy (non-hydrogen) atoms. The van der Waals surface area contributed by atoms with E-state index < -0.39 is 23.4 Å². The van der Waals surface area contributed by atoms with Crippen LogP contribution in [0.2, 0.25) is 5.02 Å². The summed E-state index contributed by atoms with van der Waals surface area (Å²) in [7, 11) is 1.21. The molecule has 11 heteroatoms. The number of aromatic nitrogens is 2. The average Bonchev–Trinajstić information content (AvgIpc) is 3.27. The molecule has 1 N–H and O–H groups in total. The van der Waals surface area contributed by atoms with Gasteiger partial charge in [-0.25, -0.2) is 9.59 Å². The van der Waals surface area contributed by atoms with Gasteiger partial charge in [-0.3, -0.25) is 9.59 Å². The molecule has 0 atom stereocenters. The molecule has 0 spiro atoms. The number of halogens is 1. The van der Waals surface area contributed by atoms with Crippen LogP contribution in [0.5, 0.6) is 0 Å². The number of anilines is 1. The maximum absolute atomic E-state index is 13.5. The molecule has 0 aliphatic heterocycles. The summed E-state index contributed by atoms with van der Waals surface area (Å²) in [6, 6.07) is 12.5. The molecule has 9 nitrogen and oxygen atoms in total.